The fourth-order valence-corrected chi connectivity index (χ4v) is 14.5. The summed E-state index contributed by atoms with van der Waals surface area (Å²) in [5.41, 5.74) is 5.69. The van der Waals surface area contributed by atoms with Gasteiger partial charge in [0.2, 0.25) is 0 Å². The van der Waals surface area contributed by atoms with Crippen LogP contribution in [0.5, 0.6) is 0 Å². The lowest BCUT2D eigenvalue weighted by Crippen LogP contribution is -2.71. The molecule has 0 N–H and O–H groups in total. The molecule has 5 fully saturated rings. The third kappa shape index (κ3) is 2.57. The smallest absolute Gasteiger partial charge is 0.0722 e. The van der Waals surface area contributed by atoms with E-state index in [4.69, 9.17) is 4.74 Å². The molecule has 36 heavy (non-hydrogen) atoms. The number of hydrogen-bond acceptors (Lipinski definition) is 2. The predicted molar refractivity (Wildman–Crippen MR) is 153 cm³/mol. The van der Waals surface area contributed by atoms with Gasteiger partial charge in [-0.25, -0.2) is 0 Å². The second-order valence-electron chi connectivity index (χ2n) is 16.0. The molecule has 4 saturated carbocycles. The van der Waals surface area contributed by atoms with Crippen molar-refractivity contribution in [3.63, 3.8) is 0 Å². The summed E-state index contributed by atoms with van der Waals surface area (Å²) in [7, 11) is 0. The maximum atomic E-state index is 6.67. The van der Waals surface area contributed by atoms with Gasteiger partial charge in [-0.15, -0.1) is 11.8 Å². The van der Waals surface area contributed by atoms with E-state index in [2.05, 4.69) is 79.3 Å². The highest BCUT2D eigenvalue weighted by molar-refractivity contribution is 8.01. The minimum absolute atomic E-state index is 0.354. The quantitative estimate of drug-likeness (QED) is 0.343. The summed E-state index contributed by atoms with van der Waals surface area (Å²) < 4.78 is 7.06. The first-order valence-corrected chi connectivity index (χ1v) is 16.6. The number of thioether (sulfide) groups is 1. The van der Waals surface area contributed by atoms with Crippen LogP contribution in [-0.2, 0) is 4.74 Å². The van der Waals surface area contributed by atoms with Crippen molar-refractivity contribution < 1.29 is 4.74 Å². The second-order valence-corrected chi connectivity index (χ2v) is 17.3. The highest BCUT2D eigenvalue weighted by Crippen LogP contribution is 2.84. The molecule has 0 aromatic carbocycles. The van der Waals surface area contributed by atoms with Crippen molar-refractivity contribution >= 4 is 11.8 Å². The molecule has 2 heteroatoms. The molecule has 1 nitrogen and oxygen atoms in total. The van der Waals surface area contributed by atoms with Gasteiger partial charge in [-0.2, -0.15) is 0 Å². The van der Waals surface area contributed by atoms with Crippen LogP contribution in [0.1, 0.15) is 100 Å². The number of ether oxygens (including phenoxy) is 1. The molecule has 200 valence electrons. The minimum Gasteiger partial charge on any atom is -0.377 e. The van der Waals surface area contributed by atoms with Crippen LogP contribution in [0.15, 0.2) is 23.3 Å². The maximum Gasteiger partial charge on any atom is 0.0722 e. The van der Waals surface area contributed by atoms with Crippen molar-refractivity contribution in [3.05, 3.63) is 23.3 Å². The predicted octanol–water partition coefficient (Wildman–Crippen LogP) is 8.94. The molecule has 7 aliphatic rings. The molecule has 0 aromatic heterocycles. The van der Waals surface area contributed by atoms with E-state index in [0.29, 0.717) is 38.4 Å². The Kier molecular flexibility index (Phi) is 5.17. The van der Waals surface area contributed by atoms with E-state index < -0.39 is 0 Å². The van der Waals surface area contributed by atoms with Gasteiger partial charge < -0.3 is 4.74 Å². The lowest BCUT2D eigenvalue weighted by molar-refractivity contribution is -0.199. The monoisotopic (exact) mass is 508 g/mol. The number of hydrogen-bond donors (Lipinski definition) is 0. The lowest BCUT2D eigenvalue weighted by Gasteiger charge is -2.79. The molecule has 1 spiro atoms. The summed E-state index contributed by atoms with van der Waals surface area (Å²) in [5.74, 6) is 6.77. The zero-order valence-electron chi connectivity index (χ0n) is 24.5. The SMILES string of the molecule is CC(C)COC1CSC23C4=CC[C@]56C=C7C[C@]([C@H](C)C(C)C)(CCC5(C)C4CCC2[C@]1(C)CC3C)[C@@H]76. The Balaban J connectivity index is 1.26. The summed E-state index contributed by atoms with van der Waals surface area (Å²) in [6, 6.07) is 0. The Morgan fingerprint density at radius 2 is 1.86 bits per heavy atom. The summed E-state index contributed by atoms with van der Waals surface area (Å²) in [4.78, 5) is 0. The fraction of sp³-hybridized carbons (Fsp3) is 0.882. The molecule has 1 aliphatic heterocycles. The Bertz CT molecular complexity index is 1020. The van der Waals surface area contributed by atoms with Crippen LogP contribution in [0.25, 0.3) is 0 Å². The van der Waals surface area contributed by atoms with Gasteiger partial charge in [0, 0.05) is 22.5 Å². The molecule has 1 heterocycles. The molecule has 0 aromatic rings. The average Bonchev–Trinajstić information content (AvgIpc) is 2.96. The summed E-state index contributed by atoms with van der Waals surface area (Å²) in [6.45, 7) is 21.1. The van der Waals surface area contributed by atoms with Crippen molar-refractivity contribution in [1.29, 1.82) is 0 Å². The molecule has 1 saturated heterocycles. The van der Waals surface area contributed by atoms with Gasteiger partial charge in [0.05, 0.1) is 6.10 Å². The average molecular weight is 509 g/mol. The largest absolute Gasteiger partial charge is 0.377 e. The van der Waals surface area contributed by atoms with E-state index in [1.807, 2.05) is 11.1 Å². The highest BCUT2D eigenvalue weighted by Gasteiger charge is 2.77. The Hall–Kier alpha value is -0.210. The maximum absolute atomic E-state index is 6.67. The fourth-order valence-electron chi connectivity index (χ4n) is 12.2. The summed E-state index contributed by atoms with van der Waals surface area (Å²) >= 11 is 2.35. The van der Waals surface area contributed by atoms with Crippen molar-refractivity contribution in [3.8, 4) is 0 Å². The van der Waals surface area contributed by atoms with E-state index >= 15 is 0 Å². The molecule has 0 radical (unpaired) electrons. The zero-order valence-corrected chi connectivity index (χ0v) is 25.3. The van der Waals surface area contributed by atoms with Crippen LogP contribution in [0.3, 0.4) is 0 Å². The second kappa shape index (κ2) is 7.50. The van der Waals surface area contributed by atoms with Gasteiger partial charge in [0.1, 0.15) is 0 Å². The van der Waals surface area contributed by atoms with Gasteiger partial charge in [-0.1, -0.05) is 78.7 Å². The van der Waals surface area contributed by atoms with Crippen molar-refractivity contribution in [2.75, 3.05) is 12.4 Å². The molecule has 11 atom stereocenters. The van der Waals surface area contributed by atoms with Gasteiger partial charge in [-0.05, 0) is 103 Å². The Morgan fingerprint density at radius 1 is 1.08 bits per heavy atom. The van der Waals surface area contributed by atoms with E-state index in [1.54, 1.807) is 0 Å². The van der Waals surface area contributed by atoms with Gasteiger partial charge in [0.15, 0.2) is 0 Å². The van der Waals surface area contributed by atoms with E-state index in [1.165, 1.54) is 50.7 Å². The van der Waals surface area contributed by atoms with Crippen molar-refractivity contribution in [2.45, 2.75) is 111 Å². The van der Waals surface area contributed by atoms with Gasteiger partial charge in [0.25, 0.3) is 0 Å². The molecule has 6 aliphatic carbocycles. The molecule has 6 unspecified atom stereocenters. The first-order valence-electron chi connectivity index (χ1n) is 15.6. The number of fused-ring (bicyclic) bond motifs is 2. The van der Waals surface area contributed by atoms with Crippen LogP contribution < -0.4 is 0 Å². The molecular weight excluding hydrogens is 456 g/mol. The topological polar surface area (TPSA) is 9.23 Å². The summed E-state index contributed by atoms with van der Waals surface area (Å²) in [5, 5.41) is 0. The standard InChI is InChI=1S/C34H52OS/c1-20(2)18-35-28-19-36-34-22(5)15-30(28,7)27(34)10-9-25-26(34)11-12-33-17-24-16-32(29(24)33,23(6)21(3)4)14-13-31(25,33)8/h11,17,20-23,25,27-29H,9-10,12-16,18-19H2,1-8H3/t22?,23-,25?,27?,28?,29-,30+,31?,32+,33-,34?/m1/s1. The normalized spacial score (nSPS) is 54.9. The van der Waals surface area contributed by atoms with Crippen LogP contribution in [0, 0.1) is 63.1 Å². The molecular formula is C34H52OS. The highest BCUT2D eigenvalue weighted by atomic mass is 32.2. The third-order valence-electron chi connectivity index (χ3n) is 14.1. The zero-order chi connectivity index (χ0) is 25.5. The van der Waals surface area contributed by atoms with Crippen molar-refractivity contribution in [1.82, 2.24) is 0 Å². The third-order valence-corrected chi connectivity index (χ3v) is 16.0. The number of allylic oxidation sites excluding steroid dienone is 3. The van der Waals surface area contributed by atoms with Crippen LogP contribution in [-0.4, -0.2) is 23.2 Å². The van der Waals surface area contributed by atoms with Crippen LogP contribution >= 0.6 is 11.8 Å². The Labute approximate surface area is 226 Å². The lowest BCUT2D eigenvalue weighted by atomic mass is 9.25. The first kappa shape index (κ1) is 24.8. The van der Waals surface area contributed by atoms with E-state index in [-0.39, 0.29) is 0 Å². The first-order chi connectivity index (χ1) is 17.0. The van der Waals surface area contributed by atoms with Gasteiger partial charge >= 0.3 is 0 Å². The van der Waals surface area contributed by atoms with Crippen molar-refractivity contribution in [2.24, 2.45) is 63.1 Å². The Morgan fingerprint density at radius 3 is 2.56 bits per heavy atom. The minimum atomic E-state index is 0.354. The van der Waals surface area contributed by atoms with Crippen LogP contribution in [0.4, 0.5) is 0 Å². The molecule has 0 amide bonds. The molecule has 7 rings (SSSR count). The van der Waals surface area contributed by atoms with Crippen LogP contribution in [0.2, 0.25) is 0 Å². The van der Waals surface area contributed by atoms with E-state index in [0.717, 1.165) is 42.1 Å². The molecule has 2 bridgehead atoms. The summed E-state index contributed by atoms with van der Waals surface area (Å²) in [6.07, 6.45) is 16.1. The number of rotatable bonds is 5. The van der Waals surface area contributed by atoms with E-state index in [9.17, 15) is 0 Å². The van der Waals surface area contributed by atoms with Gasteiger partial charge in [-0.3, -0.25) is 0 Å².